The number of aryl methyl sites for hydroxylation is 1. The van der Waals surface area contributed by atoms with Crippen molar-refractivity contribution in [3.05, 3.63) is 46.6 Å². The summed E-state index contributed by atoms with van der Waals surface area (Å²) in [4.78, 5) is 12.1. The summed E-state index contributed by atoms with van der Waals surface area (Å²) in [5, 5.41) is 18.9. The zero-order valence-corrected chi connectivity index (χ0v) is 12.0. The molecule has 0 fully saturated rings. The van der Waals surface area contributed by atoms with Gasteiger partial charge in [-0.25, -0.2) is 0 Å². The van der Waals surface area contributed by atoms with E-state index in [9.17, 15) is 4.79 Å². The summed E-state index contributed by atoms with van der Waals surface area (Å²) < 4.78 is 1.44. The molecule has 0 aliphatic rings. The molecule has 0 aliphatic carbocycles. The van der Waals surface area contributed by atoms with E-state index >= 15 is 0 Å². The number of hydrogen-bond donors (Lipinski definition) is 3. The molecule has 1 amide bonds. The molecule has 2 aromatic rings. The second-order valence-corrected chi connectivity index (χ2v) is 4.80. The fourth-order valence-electron chi connectivity index (χ4n) is 1.79. The van der Waals surface area contributed by atoms with Gasteiger partial charge in [-0.05, 0) is 17.7 Å². The second-order valence-electron chi connectivity index (χ2n) is 4.37. The standard InChI is InChI=1S/C13H14ClN5O2/c1-19-13(10(7-16-19)12(15)18-21)17-11(20)6-8-2-4-9(14)5-3-8/h2-5,7,21H,6H2,1H3,(H2,15,18)(H,17,20). The van der Waals surface area contributed by atoms with Crippen LogP contribution >= 0.6 is 11.6 Å². The van der Waals surface area contributed by atoms with Crippen molar-refractivity contribution in [1.82, 2.24) is 9.78 Å². The van der Waals surface area contributed by atoms with Gasteiger partial charge < -0.3 is 16.3 Å². The summed E-state index contributed by atoms with van der Waals surface area (Å²) in [5.41, 5.74) is 6.71. The number of amides is 1. The maximum absolute atomic E-state index is 12.1. The largest absolute Gasteiger partial charge is 0.409 e. The number of anilines is 1. The van der Waals surface area contributed by atoms with Crippen LogP contribution in [-0.2, 0) is 18.3 Å². The zero-order valence-electron chi connectivity index (χ0n) is 11.2. The Morgan fingerprint density at radius 1 is 1.48 bits per heavy atom. The van der Waals surface area contributed by atoms with Crippen LogP contribution in [0.4, 0.5) is 5.82 Å². The average Bonchev–Trinajstić information content (AvgIpc) is 2.82. The Hall–Kier alpha value is -2.54. The molecule has 7 nitrogen and oxygen atoms in total. The quantitative estimate of drug-likeness (QED) is 0.343. The van der Waals surface area contributed by atoms with Crippen molar-refractivity contribution in [2.24, 2.45) is 17.9 Å². The summed E-state index contributed by atoms with van der Waals surface area (Å²) >= 11 is 5.79. The van der Waals surface area contributed by atoms with Crippen LogP contribution in [0.25, 0.3) is 0 Å². The first kappa shape index (κ1) is 14.9. The number of hydrogen-bond acceptors (Lipinski definition) is 4. The lowest BCUT2D eigenvalue weighted by molar-refractivity contribution is -0.115. The average molecular weight is 308 g/mol. The van der Waals surface area contributed by atoms with Crippen LogP contribution in [0, 0.1) is 0 Å². The van der Waals surface area contributed by atoms with Crippen LogP contribution < -0.4 is 11.1 Å². The number of oxime groups is 1. The van der Waals surface area contributed by atoms with E-state index in [0.29, 0.717) is 16.4 Å². The van der Waals surface area contributed by atoms with Crippen molar-refractivity contribution in [3.63, 3.8) is 0 Å². The fraction of sp³-hybridized carbons (Fsp3) is 0.154. The number of nitrogens with zero attached hydrogens (tertiary/aromatic N) is 3. The highest BCUT2D eigenvalue weighted by molar-refractivity contribution is 6.30. The molecule has 4 N–H and O–H groups in total. The third kappa shape index (κ3) is 3.51. The van der Waals surface area contributed by atoms with Crippen LogP contribution in [0.3, 0.4) is 0 Å². The summed E-state index contributed by atoms with van der Waals surface area (Å²) in [5.74, 6) is 0.00192. The van der Waals surface area contributed by atoms with E-state index in [2.05, 4.69) is 15.6 Å². The number of rotatable bonds is 4. The topological polar surface area (TPSA) is 106 Å². The molecule has 1 heterocycles. The summed E-state index contributed by atoms with van der Waals surface area (Å²) in [6.07, 6.45) is 1.59. The highest BCUT2D eigenvalue weighted by Gasteiger charge is 2.15. The van der Waals surface area contributed by atoms with E-state index < -0.39 is 0 Å². The number of benzene rings is 1. The number of carbonyl (C=O) groups is 1. The molecular formula is C13H14ClN5O2. The normalized spacial score (nSPS) is 11.4. The van der Waals surface area contributed by atoms with E-state index in [1.807, 2.05) is 0 Å². The van der Waals surface area contributed by atoms with Crippen molar-refractivity contribution in [3.8, 4) is 0 Å². The minimum Gasteiger partial charge on any atom is -0.409 e. The van der Waals surface area contributed by atoms with E-state index in [1.54, 1.807) is 31.3 Å². The lowest BCUT2D eigenvalue weighted by atomic mass is 10.1. The Labute approximate surface area is 126 Å². The Morgan fingerprint density at radius 3 is 2.76 bits per heavy atom. The molecule has 1 aromatic heterocycles. The van der Waals surface area contributed by atoms with E-state index in [-0.39, 0.29) is 18.2 Å². The molecule has 0 saturated carbocycles. The Bertz CT molecular complexity index is 678. The number of amidine groups is 1. The molecule has 0 aliphatic heterocycles. The van der Waals surface area contributed by atoms with Gasteiger partial charge in [-0.2, -0.15) is 5.10 Å². The monoisotopic (exact) mass is 307 g/mol. The Kier molecular flexibility index (Phi) is 4.44. The number of carbonyl (C=O) groups excluding carboxylic acids is 1. The van der Waals surface area contributed by atoms with Crippen LogP contribution in [-0.4, -0.2) is 26.7 Å². The molecular weight excluding hydrogens is 294 g/mol. The van der Waals surface area contributed by atoms with Gasteiger partial charge in [0.2, 0.25) is 5.91 Å². The first-order valence-electron chi connectivity index (χ1n) is 6.05. The van der Waals surface area contributed by atoms with Crippen LogP contribution in [0.2, 0.25) is 5.02 Å². The predicted octanol–water partition coefficient (Wildman–Crippen LogP) is 1.35. The summed E-state index contributed by atoms with van der Waals surface area (Å²) in [6.45, 7) is 0. The number of halogens is 1. The van der Waals surface area contributed by atoms with Crippen molar-refractivity contribution >= 4 is 29.2 Å². The van der Waals surface area contributed by atoms with Gasteiger partial charge >= 0.3 is 0 Å². The molecule has 0 radical (unpaired) electrons. The molecule has 0 unspecified atom stereocenters. The van der Waals surface area contributed by atoms with Crippen molar-refractivity contribution in [1.29, 1.82) is 0 Å². The molecule has 21 heavy (non-hydrogen) atoms. The third-order valence-electron chi connectivity index (χ3n) is 2.86. The summed E-state index contributed by atoms with van der Waals surface area (Å²) in [6, 6.07) is 6.98. The van der Waals surface area contributed by atoms with E-state index in [4.69, 9.17) is 22.5 Å². The Balaban J connectivity index is 2.13. The molecule has 0 atom stereocenters. The maximum atomic E-state index is 12.1. The molecule has 8 heteroatoms. The lowest BCUT2D eigenvalue weighted by Crippen LogP contribution is -2.21. The lowest BCUT2D eigenvalue weighted by Gasteiger charge is -2.08. The van der Waals surface area contributed by atoms with Gasteiger partial charge in [-0.15, -0.1) is 0 Å². The second kappa shape index (κ2) is 6.27. The molecule has 110 valence electrons. The van der Waals surface area contributed by atoms with Gasteiger partial charge in [0.15, 0.2) is 5.84 Å². The van der Waals surface area contributed by atoms with Crippen LogP contribution in [0.5, 0.6) is 0 Å². The molecule has 2 rings (SSSR count). The minimum absolute atomic E-state index is 0.120. The maximum Gasteiger partial charge on any atom is 0.229 e. The first-order chi connectivity index (χ1) is 10.0. The van der Waals surface area contributed by atoms with Gasteiger partial charge in [0.25, 0.3) is 0 Å². The minimum atomic E-state index is -0.243. The highest BCUT2D eigenvalue weighted by atomic mass is 35.5. The predicted molar refractivity (Wildman–Crippen MR) is 79.5 cm³/mol. The number of nitrogens with two attached hydrogens (primary N) is 1. The molecule has 0 saturated heterocycles. The van der Waals surface area contributed by atoms with Gasteiger partial charge in [0.1, 0.15) is 5.82 Å². The number of nitrogens with one attached hydrogen (secondary N) is 1. The van der Waals surface area contributed by atoms with E-state index in [0.717, 1.165) is 5.56 Å². The van der Waals surface area contributed by atoms with Crippen molar-refractivity contribution in [2.45, 2.75) is 6.42 Å². The highest BCUT2D eigenvalue weighted by Crippen LogP contribution is 2.15. The summed E-state index contributed by atoms with van der Waals surface area (Å²) in [7, 11) is 1.64. The van der Waals surface area contributed by atoms with E-state index in [1.165, 1.54) is 10.9 Å². The van der Waals surface area contributed by atoms with Crippen LogP contribution in [0.1, 0.15) is 11.1 Å². The van der Waals surface area contributed by atoms with Gasteiger partial charge in [-0.1, -0.05) is 28.9 Å². The molecule has 0 bridgehead atoms. The molecule has 1 aromatic carbocycles. The van der Waals surface area contributed by atoms with Gasteiger partial charge in [-0.3, -0.25) is 9.48 Å². The van der Waals surface area contributed by atoms with Gasteiger partial charge in [0, 0.05) is 12.1 Å². The van der Waals surface area contributed by atoms with Crippen molar-refractivity contribution < 1.29 is 10.0 Å². The number of aromatic nitrogens is 2. The zero-order chi connectivity index (χ0) is 15.4. The fourth-order valence-corrected chi connectivity index (χ4v) is 1.92. The van der Waals surface area contributed by atoms with Crippen LogP contribution in [0.15, 0.2) is 35.6 Å². The first-order valence-corrected chi connectivity index (χ1v) is 6.43. The van der Waals surface area contributed by atoms with Gasteiger partial charge in [0.05, 0.1) is 18.2 Å². The van der Waals surface area contributed by atoms with Crippen molar-refractivity contribution in [2.75, 3.05) is 5.32 Å². The smallest absolute Gasteiger partial charge is 0.229 e. The third-order valence-corrected chi connectivity index (χ3v) is 3.11. The molecule has 0 spiro atoms. The Morgan fingerprint density at radius 2 is 2.14 bits per heavy atom. The SMILES string of the molecule is Cn1ncc(C(N)=NO)c1NC(=O)Cc1ccc(Cl)cc1.